The first-order valence-electron chi connectivity index (χ1n) is 9.30. The number of hydrogen-bond acceptors (Lipinski definition) is 4. The number of anilines is 1. The summed E-state index contributed by atoms with van der Waals surface area (Å²) in [5, 5.41) is 11.4. The molecule has 1 aromatic carbocycles. The maximum atomic E-state index is 12.6. The third-order valence-corrected chi connectivity index (χ3v) is 6.12. The summed E-state index contributed by atoms with van der Waals surface area (Å²) in [6.07, 6.45) is 5.04. The Bertz CT molecular complexity index is 782. The molecule has 0 unspecified atom stereocenters. The molecule has 5 rings (SSSR count). The van der Waals surface area contributed by atoms with E-state index in [-0.39, 0.29) is 5.91 Å². The van der Waals surface area contributed by atoms with Gasteiger partial charge in [-0.3, -0.25) is 9.69 Å². The van der Waals surface area contributed by atoms with E-state index in [4.69, 9.17) is 0 Å². The van der Waals surface area contributed by atoms with Crippen LogP contribution in [0.4, 0.5) is 5.69 Å². The van der Waals surface area contributed by atoms with Crippen molar-refractivity contribution < 1.29 is 4.79 Å². The van der Waals surface area contributed by atoms with Crippen LogP contribution in [0.3, 0.4) is 0 Å². The molecule has 2 aromatic rings. The smallest absolute Gasteiger partial charge is 0.293 e. The van der Waals surface area contributed by atoms with Crippen molar-refractivity contribution in [3.8, 4) is 0 Å². The highest BCUT2D eigenvalue weighted by Gasteiger charge is 2.42. The van der Waals surface area contributed by atoms with Crippen LogP contribution in [0.2, 0.25) is 0 Å². The van der Waals surface area contributed by atoms with Gasteiger partial charge < -0.3 is 9.88 Å². The minimum Gasteiger partial charge on any atom is -0.319 e. The van der Waals surface area contributed by atoms with Crippen molar-refractivity contribution in [2.45, 2.75) is 38.3 Å². The fourth-order valence-corrected chi connectivity index (χ4v) is 4.49. The average Bonchev–Trinajstić information content (AvgIpc) is 3.14. The molecule has 6 heteroatoms. The van der Waals surface area contributed by atoms with Gasteiger partial charge in [0, 0.05) is 37.8 Å². The Balaban J connectivity index is 1.33. The molecular weight excluding hydrogens is 314 g/mol. The normalized spacial score (nSPS) is 25.9. The Morgan fingerprint density at radius 3 is 2.60 bits per heavy atom. The van der Waals surface area contributed by atoms with Crippen LogP contribution < -0.4 is 5.32 Å². The maximum absolute atomic E-state index is 12.6. The van der Waals surface area contributed by atoms with Crippen molar-refractivity contribution in [2.75, 3.05) is 18.4 Å². The summed E-state index contributed by atoms with van der Waals surface area (Å²) >= 11 is 0. The topological polar surface area (TPSA) is 63.1 Å². The number of benzene rings is 1. The van der Waals surface area contributed by atoms with Gasteiger partial charge in [-0.25, -0.2) is 0 Å². The van der Waals surface area contributed by atoms with E-state index in [1.54, 1.807) is 0 Å². The Morgan fingerprint density at radius 1 is 1.04 bits per heavy atom. The number of nitrogens with one attached hydrogen (secondary N) is 1. The molecule has 2 aliphatic heterocycles. The average molecular weight is 337 g/mol. The quantitative estimate of drug-likeness (QED) is 0.932. The van der Waals surface area contributed by atoms with E-state index in [0.29, 0.717) is 17.7 Å². The van der Waals surface area contributed by atoms with Crippen LogP contribution in [0.1, 0.15) is 35.7 Å². The molecule has 130 valence electrons. The van der Waals surface area contributed by atoms with Crippen molar-refractivity contribution >= 4 is 11.6 Å². The Labute approximate surface area is 147 Å². The zero-order chi connectivity index (χ0) is 16.8. The van der Waals surface area contributed by atoms with Gasteiger partial charge in [-0.15, -0.1) is 10.2 Å². The van der Waals surface area contributed by atoms with Gasteiger partial charge in [0.2, 0.25) is 5.82 Å². The van der Waals surface area contributed by atoms with Gasteiger partial charge in [0.25, 0.3) is 5.91 Å². The number of hydrogen-bond donors (Lipinski definition) is 1. The lowest BCUT2D eigenvalue weighted by atomic mass is 9.89. The van der Waals surface area contributed by atoms with Gasteiger partial charge in [-0.2, -0.15) is 0 Å². The van der Waals surface area contributed by atoms with Crippen LogP contribution in [0.25, 0.3) is 0 Å². The number of aromatic nitrogens is 3. The number of nitrogens with zero attached hydrogens (tertiary/aromatic N) is 4. The highest BCUT2D eigenvalue weighted by atomic mass is 16.2. The molecule has 3 heterocycles. The van der Waals surface area contributed by atoms with Crippen LogP contribution in [-0.2, 0) is 13.0 Å². The Kier molecular flexibility index (Phi) is 3.59. The van der Waals surface area contributed by atoms with Crippen molar-refractivity contribution in [3.63, 3.8) is 0 Å². The molecule has 0 bridgehead atoms. The summed E-state index contributed by atoms with van der Waals surface area (Å²) in [7, 11) is 0. The third-order valence-electron chi connectivity index (χ3n) is 6.12. The first-order chi connectivity index (χ1) is 12.3. The van der Waals surface area contributed by atoms with Gasteiger partial charge in [0.15, 0.2) is 0 Å². The van der Waals surface area contributed by atoms with E-state index in [2.05, 4.69) is 20.4 Å². The fourth-order valence-electron chi connectivity index (χ4n) is 4.49. The van der Waals surface area contributed by atoms with Crippen molar-refractivity contribution in [3.05, 3.63) is 42.0 Å². The van der Waals surface area contributed by atoms with E-state index in [0.717, 1.165) is 37.1 Å². The molecule has 2 atom stereocenters. The predicted octanol–water partition coefficient (Wildman–Crippen LogP) is 2.19. The van der Waals surface area contributed by atoms with Crippen LogP contribution >= 0.6 is 0 Å². The number of likely N-dealkylation sites (tertiary alicyclic amines) is 1. The summed E-state index contributed by atoms with van der Waals surface area (Å²) in [4.78, 5) is 15.3. The SMILES string of the molecule is O=C(Nc1ccccc1)c1nnc2n1C[C@H]1CN(C3CCC3)C[C@@H]1C2. The Morgan fingerprint density at radius 2 is 1.84 bits per heavy atom. The second kappa shape index (κ2) is 5.95. The molecule has 1 saturated heterocycles. The molecule has 0 spiro atoms. The van der Waals surface area contributed by atoms with Crippen LogP contribution in [0.15, 0.2) is 30.3 Å². The van der Waals surface area contributed by atoms with E-state index in [1.807, 2.05) is 34.9 Å². The molecular formula is C19H23N5O. The number of para-hydroxylation sites is 1. The standard InChI is InChI=1S/C19H23N5O/c25-19(20-15-5-2-1-3-6-15)18-22-21-17-9-13-10-23(16-7-4-8-16)11-14(13)12-24(17)18/h1-3,5-6,13-14,16H,4,7-12H2,(H,20,25)/t13-,14+/m0/s1. The van der Waals surface area contributed by atoms with Crippen molar-refractivity contribution in [2.24, 2.45) is 11.8 Å². The van der Waals surface area contributed by atoms with Gasteiger partial charge >= 0.3 is 0 Å². The molecule has 6 nitrogen and oxygen atoms in total. The Hall–Kier alpha value is -2.21. The third kappa shape index (κ3) is 2.65. The summed E-state index contributed by atoms with van der Waals surface area (Å²) in [6, 6.07) is 10.3. The summed E-state index contributed by atoms with van der Waals surface area (Å²) in [5.41, 5.74) is 0.788. The molecule has 1 aliphatic carbocycles. The monoisotopic (exact) mass is 337 g/mol. The van der Waals surface area contributed by atoms with E-state index in [9.17, 15) is 4.79 Å². The predicted molar refractivity (Wildman–Crippen MR) is 94.3 cm³/mol. The number of rotatable bonds is 3. The second-order valence-corrected chi connectivity index (χ2v) is 7.63. The number of amides is 1. The first kappa shape index (κ1) is 15.1. The highest BCUT2D eigenvalue weighted by Crippen LogP contribution is 2.37. The molecule has 1 saturated carbocycles. The molecule has 1 amide bonds. The van der Waals surface area contributed by atoms with Gasteiger partial charge in [0.1, 0.15) is 5.82 Å². The molecule has 2 fully saturated rings. The highest BCUT2D eigenvalue weighted by molar-refractivity contribution is 6.01. The van der Waals surface area contributed by atoms with Crippen LogP contribution in [0, 0.1) is 11.8 Å². The van der Waals surface area contributed by atoms with E-state index < -0.39 is 0 Å². The fraction of sp³-hybridized carbons (Fsp3) is 0.526. The van der Waals surface area contributed by atoms with Gasteiger partial charge in [0.05, 0.1) is 0 Å². The minimum atomic E-state index is -0.169. The number of carbonyl (C=O) groups is 1. The van der Waals surface area contributed by atoms with Crippen LogP contribution in [-0.4, -0.2) is 44.7 Å². The zero-order valence-electron chi connectivity index (χ0n) is 14.3. The molecule has 25 heavy (non-hydrogen) atoms. The minimum absolute atomic E-state index is 0.169. The number of fused-ring (bicyclic) bond motifs is 2. The van der Waals surface area contributed by atoms with E-state index in [1.165, 1.54) is 25.8 Å². The van der Waals surface area contributed by atoms with Crippen molar-refractivity contribution in [1.82, 2.24) is 19.7 Å². The molecule has 1 aromatic heterocycles. The largest absolute Gasteiger partial charge is 0.319 e. The molecule has 1 N–H and O–H groups in total. The number of carbonyl (C=O) groups excluding carboxylic acids is 1. The zero-order valence-corrected chi connectivity index (χ0v) is 14.3. The molecule has 0 radical (unpaired) electrons. The lowest BCUT2D eigenvalue weighted by molar-refractivity contribution is 0.100. The van der Waals surface area contributed by atoms with E-state index >= 15 is 0 Å². The maximum Gasteiger partial charge on any atom is 0.293 e. The van der Waals surface area contributed by atoms with Crippen LogP contribution in [0.5, 0.6) is 0 Å². The summed E-state index contributed by atoms with van der Waals surface area (Å²) < 4.78 is 2.05. The summed E-state index contributed by atoms with van der Waals surface area (Å²) in [6.45, 7) is 3.22. The second-order valence-electron chi connectivity index (χ2n) is 7.63. The lowest BCUT2D eigenvalue weighted by Crippen LogP contribution is -2.38. The lowest BCUT2D eigenvalue weighted by Gasteiger charge is -2.34. The first-order valence-corrected chi connectivity index (χ1v) is 9.30. The molecule has 3 aliphatic rings. The summed E-state index contributed by atoms with van der Waals surface area (Å²) in [5.74, 6) is 2.53. The van der Waals surface area contributed by atoms with Crippen molar-refractivity contribution in [1.29, 1.82) is 0 Å². The van der Waals surface area contributed by atoms with Gasteiger partial charge in [-0.05, 0) is 36.8 Å². The van der Waals surface area contributed by atoms with Gasteiger partial charge in [-0.1, -0.05) is 24.6 Å².